The van der Waals surface area contributed by atoms with Crippen LogP contribution < -0.4 is 4.74 Å². The van der Waals surface area contributed by atoms with Crippen molar-refractivity contribution >= 4 is 33.3 Å². The minimum absolute atomic E-state index is 0.144. The van der Waals surface area contributed by atoms with Crippen LogP contribution in [0, 0.1) is 0 Å². The van der Waals surface area contributed by atoms with Crippen molar-refractivity contribution in [3.05, 3.63) is 29.3 Å². The fraction of sp³-hybridized carbons (Fsp3) is 0.364. The van der Waals surface area contributed by atoms with E-state index in [-0.39, 0.29) is 10.9 Å². The Hall–Kier alpha value is -0.750. The Kier molecular flexibility index (Phi) is 5.04. The number of alkyl halides is 5. The zero-order chi connectivity index (χ0) is 13.9. The number of carbonyl (C=O) groups is 1. The third-order valence-electron chi connectivity index (χ3n) is 2.09. The number of hydrogen-bond acceptors (Lipinski definition) is 2. The first-order chi connectivity index (χ1) is 8.26. The van der Waals surface area contributed by atoms with E-state index in [2.05, 4.69) is 20.7 Å². The molecule has 0 aliphatic heterocycles. The molecule has 0 spiro atoms. The van der Waals surface area contributed by atoms with Crippen LogP contribution in [-0.2, 0) is 5.33 Å². The Balaban J connectivity index is 3.29. The minimum atomic E-state index is -4.85. The van der Waals surface area contributed by atoms with Crippen LogP contribution in [0.2, 0.25) is 0 Å². The van der Waals surface area contributed by atoms with Crippen LogP contribution in [-0.4, -0.2) is 17.5 Å². The molecule has 0 heterocycles. The lowest BCUT2D eigenvalue weighted by Crippen LogP contribution is -2.21. The lowest BCUT2D eigenvalue weighted by molar-refractivity contribution is -0.274. The monoisotopic (exact) mass is 344 g/mol. The summed E-state index contributed by atoms with van der Waals surface area (Å²) in [5, 5.41) is -0.701. The molecule has 18 heavy (non-hydrogen) atoms. The number of carbonyl (C=O) groups excluding carboxylic acids is 1. The lowest BCUT2D eigenvalue weighted by Gasteiger charge is -2.15. The average molecular weight is 346 g/mol. The first-order valence-electron chi connectivity index (χ1n) is 4.88. The zero-order valence-electron chi connectivity index (χ0n) is 9.22. The normalized spacial score (nSPS) is 13.2. The number of hydrogen-bond donors (Lipinski definition) is 0. The van der Waals surface area contributed by atoms with Crippen molar-refractivity contribution < 1.29 is 22.7 Å². The van der Waals surface area contributed by atoms with Gasteiger partial charge in [-0.3, -0.25) is 4.79 Å². The van der Waals surface area contributed by atoms with Gasteiger partial charge in [0.05, 0.1) is 10.9 Å². The molecular weight excluding hydrogens is 336 g/mol. The van der Waals surface area contributed by atoms with E-state index in [1.54, 1.807) is 0 Å². The van der Waals surface area contributed by atoms with Gasteiger partial charge in [-0.05, 0) is 18.6 Å². The quantitative estimate of drug-likeness (QED) is 0.601. The number of Topliss-reactive ketones (excluding diaryl/α,β-unsaturated/α-hetero) is 1. The van der Waals surface area contributed by atoms with Gasteiger partial charge in [0.1, 0.15) is 5.75 Å². The maximum absolute atomic E-state index is 12.2. The predicted molar refractivity (Wildman–Crippen MR) is 65.4 cm³/mol. The molecule has 0 aliphatic rings. The summed E-state index contributed by atoms with van der Waals surface area (Å²) >= 11 is 8.74. The molecule has 0 amide bonds. The highest BCUT2D eigenvalue weighted by molar-refractivity contribution is 9.08. The molecule has 1 unspecified atom stereocenters. The molecule has 0 fully saturated rings. The molecule has 0 aliphatic carbocycles. The summed E-state index contributed by atoms with van der Waals surface area (Å²) in [5.74, 6) is -1.14. The highest BCUT2D eigenvalue weighted by atomic mass is 79.9. The number of benzene rings is 1. The van der Waals surface area contributed by atoms with Gasteiger partial charge in [-0.15, -0.1) is 24.8 Å². The molecule has 1 rings (SSSR count). The van der Waals surface area contributed by atoms with Crippen molar-refractivity contribution in [1.82, 2.24) is 0 Å². The van der Waals surface area contributed by atoms with Crippen LogP contribution in [0.5, 0.6) is 5.75 Å². The summed E-state index contributed by atoms with van der Waals surface area (Å²) in [6.45, 7) is 1.40. The van der Waals surface area contributed by atoms with Crippen molar-refractivity contribution in [3.63, 3.8) is 0 Å². The van der Waals surface area contributed by atoms with E-state index in [0.29, 0.717) is 5.56 Å². The van der Waals surface area contributed by atoms with Crippen molar-refractivity contribution in [2.75, 3.05) is 0 Å². The van der Waals surface area contributed by atoms with Crippen LogP contribution in [0.3, 0.4) is 0 Å². The average Bonchev–Trinajstić information content (AvgIpc) is 2.25. The molecule has 1 atom stereocenters. The molecule has 0 saturated heterocycles. The summed E-state index contributed by atoms with van der Waals surface area (Å²) < 4.78 is 40.6. The number of ketones is 1. The van der Waals surface area contributed by atoms with Gasteiger partial charge in [0, 0.05) is 5.33 Å². The van der Waals surface area contributed by atoms with Gasteiger partial charge >= 0.3 is 6.36 Å². The molecule has 0 N–H and O–H groups in total. The Morgan fingerprint density at radius 1 is 1.50 bits per heavy atom. The Morgan fingerprint density at radius 2 is 2.11 bits per heavy atom. The maximum Gasteiger partial charge on any atom is 0.573 e. The largest absolute Gasteiger partial charge is 0.573 e. The first kappa shape index (κ1) is 15.3. The van der Waals surface area contributed by atoms with Crippen LogP contribution in [0.25, 0.3) is 0 Å². The minimum Gasteiger partial charge on any atom is -0.405 e. The van der Waals surface area contributed by atoms with Gasteiger partial charge in [0.2, 0.25) is 0 Å². The summed E-state index contributed by atoms with van der Waals surface area (Å²) in [7, 11) is 0. The SMILES string of the molecule is CC(Cl)C(=O)c1c(CBr)cccc1OC(F)(F)F. The van der Waals surface area contributed by atoms with Crippen LogP contribution in [0.15, 0.2) is 18.2 Å². The van der Waals surface area contributed by atoms with E-state index in [9.17, 15) is 18.0 Å². The van der Waals surface area contributed by atoms with Gasteiger partial charge in [-0.2, -0.15) is 0 Å². The standard InChI is InChI=1S/C11H9BrClF3O2/c1-6(13)10(17)9-7(5-12)3-2-4-8(9)18-11(14,15)16/h2-4,6H,5H2,1H3. The van der Waals surface area contributed by atoms with E-state index in [1.807, 2.05) is 0 Å². The molecular formula is C11H9BrClF3O2. The highest BCUT2D eigenvalue weighted by Crippen LogP contribution is 2.31. The second-order valence-corrected chi connectivity index (χ2v) is 4.67. The van der Waals surface area contributed by atoms with E-state index >= 15 is 0 Å². The van der Waals surface area contributed by atoms with Gasteiger partial charge in [0.25, 0.3) is 0 Å². The molecule has 0 radical (unpaired) electrons. The summed E-state index contributed by atoms with van der Waals surface area (Å²) in [4.78, 5) is 11.8. The smallest absolute Gasteiger partial charge is 0.405 e. The third kappa shape index (κ3) is 3.88. The fourth-order valence-corrected chi connectivity index (χ4v) is 1.95. The molecule has 100 valence electrons. The van der Waals surface area contributed by atoms with Gasteiger partial charge in [-0.25, -0.2) is 0 Å². The zero-order valence-corrected chi connectivity index (χ0v) is 11.6. The second-order valence-electron chi connectivity index (χ2n) is 3.45. The van der Waals surface area contributed by atoms with E-state index in [4.69, 9.17) is 11.6 Å². The molecule has 0 saturated carbocycles. The van der Waals surface area contributed by atoms with Crippen LogP contribution in [0.4, 0.5) is 13.2 Å². The molecule has 1 aromatic carbocycles. The highest BCUT2D eigenvalue weighted by Gasteiger charge is 2.34. The van der Waals surface area contributed by atoms with Crippen LogP contribution >= 0.6 is 27.5 Å². The molecule has 0 aromatic heterocycles. The molecule has 1 aromatic rings. The first-order valence-corrected chi connectivity index (χ1v) is 6.44. The fourth-order valence-electron chi connectivity index (χ4n) is 1.38. The molecule has 2 nitrogen and oxygen atoms in total. The van der Waals surface area contributed by atoms with Gasteiger partial charge in [0.15, 0.2) is 5.78 Å². The van der Waals surface area contributed by atoms with E-state index in [1.165, 1.54) is 19.1 Å². The van der Waals surface area contributed by atoms with Crippen molar-refractivity contribution in [2.24, 2.45) is 0 Å². The van der Waals surface area contributed by atoms with Crippen molar-refractivity contribution in [3.8, 4) is 5.75 Å². The van der Waals surface area contributed by atoms with E-state index < -0.39 is 23.3 Å². The summed E-state index contributed by atoms with van der Waals surface area (Å²) in [5.41, 5.74) is 0.253. The predicted octanol–water partition coefficient (Wildman–Crippen LogP) is 4.29. The van der Waals surface area contributed by atoms with Crippen LogP contribution in [0.1, 0.15) is 22.8 Å². The third-order valence-corrected chi connectivity index (χ3v) is 2.89. The lowest BCUT2D eigenvalue weighted by atomic mass is 10.0. The summed E-state index contributed by atoms with van der Waals surface area (Å²) in [6.07, 6.45) is -4.85. The van der Waals surface area contributed by atoms with Crippen molar-refractivity contribution in [1.29, 1.82) is 0 Å². The van der Waals surface area contributed by atoms with Crippen molar-refractivity contribution in [2.45, 2.75) is 24.0 Å². The second kappa shape index (κ2) is 5.93. The number of halogens is 5. The van der Waals surface area contributed by atoms with Gasteiger partial charge < -0.3 is 4.74 Å². The van der Waals surface area contributed by atoms with E-state index in [0.717, 1.165) is 6.07 Å². The Labute approximate surface area is 115 Å². The number of rotatable bonds is 4. The Morgan fingerprint density at radius 3 is 2.56 bits per heavy atom. The summed E-state index contributed by atoms with van der Waals surface area (Å²) in [6, 6.07) is 4.00. The molecule has 0 bridgehead atoms. The topological polar surface area (TPSA) is 26.3 Å². The van der Waals surface area contributed by atoms with Gasteiger partial charge in [-0.1, -0.05) is 28.1 Å². The Bertz CT molecular complexity index is 446. The maximum atomic E-state index is 12.2. The number of ether oxygens (including phenoxy) is 1. The molecule has 7 heteroatoms.